The fourth-order valence-corrected chi connectivity index (χ4v) is 2.89. The van der Waals surface area contributed by atoms with Crippen molar-refractivity contribution in [3.05, 3.63) is 30.5 Å². The lowest BCUT2D eigenvalue weighted by Crippen LogP contribution is -2.54. The Balaban J connectivity index is 2.11. The molecule has 0 bridgehead atoms. The molecule has 1 aliphatic rings. The van der Waals surface area contributed by atoms with E-state index in [4.69, 9.17) is 4.74 Å². The average molecular weight is 271 g/mol. The van der Waals surface area contributed by atoms with Crippen LogP contribution >= 0.6 is 0 Å². The summed E-state index contributed by atoms with van der Waals surface area (Å²) in [5, 5.41) is 5.79. The number of methoxy groups -OCH3 is 1. The number of piperazine rings is 1. The zero-order valence-corrected chi connectivity index (χ0v) is 12.3. The molecular formula is C16H21N3O. The van der Waals surface area contributed by atoms with Crippen LogP contribution in [-0.2, 0) is 0 Å². The number of aromatic nitrogens is 1. The van der Waals surface area contributed by atoms with Crippen LogP contribution < -0.4 is 15.0 Å². The molecule has 1 aromatic carbocycles. The number of fused-ring (bicyclic) bond motifs is 1. The van der Waals surface area contributed by atoms with Crippen molar-refractivity contribution in [2.45, 2.75) is 25.9 Å². The van der Waals surface area contributed by atoms with Gasteiger partial charge in [0.1, 0.15) is 11.6 Å². The molecule has 2 unspecified atom stereocenters. The topological polar surface area (TPSA) is 37.4 Å². The van der Waals surface area contributed by atoms with Gasteiger partial charge in [0.25, 0.3) is 0 Å². The van der Waals surface area contributed by atoms with Gasteiger partial charge in [-0.3, -0.25) is 0 Å². The van der Waals surface area contributed by atoms with E-state index in [2.05, 4.69) is 35.1 Å². The molecule has 4 heteroatoms. The Bertz CT molecular complexity index is 614. The van der Waals surface area contributed by atoms with Gasteiger partial charge in [-0.1, -0.05) is 12.1 Å². The molecule has 2 aromatic rings. The first-order valence-corrected chi connectivity index (χ1v) is 7.12. The number of benzene rings is 1. The van der Waals surface area contributed by atoms with Gasteiger partial charge < -0.3 is 15.0 Å². The van der Waals surface area contributed by atoms with Crippen molar-refractivity contribution in [3.8, 4) is 5.75 Å². The van der Waals surface area contributed by atoms with Crippen molar-refractivity contribution in [2.75, 3.05) is 25.1 Å². The lowest BCUT2D eigenvalue weighted by molar-refractivity contribution is 0.419. The van der Waals surface area contributed by atoms with E-state index in [-0.39, 0.29) is 0 Å². The minimum atomic E-state index is 0.440. The van der Waals surface area contributed by atoms with E-state index in [9.17, 15) is 0 Å². The van der Waals surface area contributed by atoms with Crippen molar-refractivity contribution in [1.29, 1.82) is 0 Å². The highest BCUT2D eigenvalue weighted by Gasteiger charge is 2.24. The third kappa shape index (κ3) is 2.20. The van der Waals surface area contributed by atoms with Gasteiger partial charge in [-0.05, 0) is 26.0 Å². The third-order valence-electron chi connectivity index (χ3n) is 4.00. The maximum Gasteiger partial charge on any atom is 0.136 e. The SMILES string of the molecule is COc1cccc2c(N3CC(C)NCC3C)nccc12. The van der Waals surface area contributed by atoms with Crippen LogP contribution in [0.1, 0.15) is 13.8 Å². The normalized spacial score (nSPS) is 23.1. The Hall–Kier alpha value is -1.81. The van der Waals surface area contributed by atoms with E-state index in [0.717, 1.165) is 35.4 Å². The Morgan fingerprint density at radius 3 is 2.90 bits per heavy atom. The molecule has 0 radical (unpaired) electrons. The molecule has 0 saturated carbocycles. The summed E-state index contributed by atoms with van der Waals surface area (Å²) in [7, 11) is 1.71. The van der Waals surface area contributed by atoms with Crippen LogP contribution in [-0.4, -0.2) is 37.3 Å². The monoisotopic (exact) mass is 271 g/mol. The zero-order chi connectivity index (χ0) is 14.1. The molecule has 0 aliphatic carbocycles. The van der Waals surface area contributed by atoms with Crippen molar-refractivity contribution < 1.29 is 4.74 Å². The molecule has 2 atom stereocenters. The van der Waals surface area contributed by atoms with E-state index in [0.29, 0.717) is 12.1 Å². The van der Waals surface area contributed by atoms with Crippen LogP contribution in [0.25, 0.3) is 10.8 Å². The summed E-state index contributed by atoms with van der Waals surface area (Å²) in [6.07, 6.45) is 1.87. The Morgan fingerprint density at radius 2 is 2.10 bits per heavy atom. The number of nitrogens with zero attached hydrogens (tertiary/aromatic N) is 2. The average Bonchev–Trinajstić information content (AvgIpc) is 2.48. The number of pyridine rings is 1. The van der Waals surface area contributed by atoms with Gasteiger partial charge in [0, 0.05) is 42.1 Å². The van der Waals surface area contributed by atoms with Gasteiger partial charge in [0.15, 0.2) is 0 Å². The van der Waals surface area contributed by atoms with Crippen LogP contribution in [0.3, 0.4) is 0 Å². The first-order valence-electron chi connectivity index (χ1n) is 7.12. The van der Waals surface area contributed by atoms with E-state index in [1.165, 1.54) is 0 Å². The second-order valence-electron chi connectivity index (χ2n) is 5.50. The standard InChI is InChI=1S/C16H21N3O/c1-11-10-19(12(2)9-18-11)16-14-5-4-6-15(20-3)13(14)7-8-17-16/h4-8,11-12,18H,9-10H2,1-3H3. The molecule has 4 nitrogen and oxygen atoms in total. The van der Waals surface area contributed by atoms with Crippen molar-refractivity contribution >= 4 is 16.6 Å². The highest BCUT2D eigenvalue weighted by molar-refractivity contribution is 5.96. The molecule has 1 N–H and O–H groups in total. The molecule has 0 spiro atoms. The van der Waals surface area contributed by atoms with E-state index in [1.54, 1.807) is 7.11 Å². The molecule has 1 aliphatic heterocycles. The number of nitrogens with one attached hydrogen (secondary N) is 1. The fourth-order valence-electron chi connectivity index (χ4n) is 2.89. The molecule has 3 rings (SSSR count). The summed E-state index contributed by atoms with van der Waals surface area (Å²) in [5.74, 6) is 1.96. The second kappa shape index (κ2) is 5.29. The molecule has 1 fully saturated rings. The smallest absolute Gasteiger partial charge is 0.136 e. The van der Waals surface area contributed by atoms with E-state index in [1.807, 2.05) is 24.4 Å². The van der Waals surface area contributed by atoms with Crippen molar-refractivity contribution in [1.82, 2.24) is 10.3 Å². The van der Waals surface area contributed by atoms with Gasteiger partial charge in [-0.15, -0.1) is 0 Å². The quantitative estimate of drug-likeness (QED) is 0.910. The maximum atomic E-state index is 5.46. The summed E-state index contributed by atoms with van der Waals surface area (Å²) >= 11 is 0. The molecule has 0 amide bonds. The Labute approximate surface area is 119 Å². The lowest BCUT2D eigenvalue weighted by Gasteiger charge is -2.38. The first kappa shape index (κ1) is 13.2. The maximum absolute atomic E-state index is 5.46. The highest BCUT2D eigenvalue weighted by atomic mass is 16.5. The minimum absolute atomic E-state index is 0.440. The van der Waals surface area contributed by atoms with Gasteiger partial charge in [-0.2, -0.15) is 0 Å². The van der Waals surface area contributed by atoms with Crippen molar-refractivity contribution in [3.63, 3.8) is 0 Å². The summed E-state index contributed by atoms with van der Waals surface area (Å²) in [5.41, 5.74) is 0. The highest BCUT2D eigenvalue weighted by Crippen LogP contribution is 2.32. The summed E-state index contributed by atoms with van der Waals surface area (Å²) in [6, 6.07) is 9.09. The molecule has 1 saturated heterocycles. The summed E-state index contributed by atoms with van der Waals surface area (Å²) < 4.78 is 5.46. The fraction of sp³-hybridized carbons (Fsp3) is 0.438. The van der Waals surface area contributed by atoms with Crippen LogP contribution in [0, 0.1) is 0 Å². The molecule has 106 valence electrons. The zero-order valence-electron chi connectivity index (χ0n) is 12.3. The Kier molecular flexibility index (Phi) is 3.49. The summed E-state index contributed by atoms with van der Waals surface area (Å²) in [6.45, 7) is 6.41. The number of hydrogen-bond acceptors (Lipinski definition) is 4. The number of anilines is 1. The molecule has 1 aromatic heterocycles. The Morgan fingerprint density at radius 1 is 1.25 bits per heavy atom. The van der Waals surface area contributed by atoms with Gasteiger partial charge in [-0.25, -0.2) is 4.98 Å². The van der Waals surface area contributed by atoms with Crippen molar-refractivity contribution in [2.24, 2.45) is 0 Å². The van der Waals surface area contributed by atoms with Crippen LogP contribution in [0.4, 0.5) is 5.82 Å². The van der Waals surface area contributed by atoms with E-state index < -0.39 is 0 Å². The van der Waals surface area contributed by atoms with Gasteiger partial charge >= 0.3 is 0 Å². The largest absolute Gasteiger partial charge is 0.496 e. The lowest BCUT2D eigenvalue weighted by atomic mass is 10.1. The van der Waals surface area contributed by atoms with Crippen LogP contribution in [0.5, 0.6) is 5.75 Å². The van der Waals surface area contributed by atoms with E-state index >= 15 is 0 Å². The number of rotatable bonds is 2. The molecular weight excluding hydrogens is 250 g/mol. The second-order valence-corrected chi connectivity index (χ2v) is 5.50. The third-order valence-corrected chi connectivity index (χ3v) is 4.00. The first-order chi connectivity index (χ1) is 9.70. The molecule has 20 heavy (non-hydrogen) atoms. The van der Waals surface area contributed by atoms with Gasteiger partial charge in [0.2, 0.25) is 0 Å². The molecule has 2 heterocycles. The number of ether oxygens (including phenoxy) is 1. The van der Waals surface area contributed by atoms with Gasteiger partial charge in [0.05, 0.1) is 7.11 Å². The predicted molar refractivity (Wildman–Crippen MR) is 82.6 cm³/mol. The van der Waals surface area contributed by atoms with Crippen LogP contribution in [0.15, 0.2) is 30.5 Å². The number of hydrogen-bond donors (Lipinski definition) is 1. The van der Waals surface area contributed by atoms with Crippen LogP contribution in [0.2, 0.25) is 0 Å². The summed E-state index contributed by atoms with van der Waals surface area (Å²) in [4.78, 5) is 7.03. The minimum Gasteiger partial charge on any atom is -0.496 e. The predicted octanol–water partition coefficient (Wildman–Crippen LogP) is 2.43.